The average molecular weight is 532 g/mol. The SMILES string of the molecule is CCCCCCCCCCCCCCOc1cc(CN)cc(OCCCCCCCCCCCCCC)c1. The highest BCUT2D eigenvalue weighted by molar-refractivity contribution is 5.38. The maximum atomic E-state index is 6.06. The minimum absolute atomic E-state index is 0.519. The molecule has 0 atom stereocenters. The third kappa shape index (κ3) is 21.7. The molecule has 0 bridgehead atoms. The fraction of sp³-hybridized carbons (Fsp3) is 0.829. The predicted octanol–water partition coefficient (Wildman–Crippen LogP) is 11.3. The molecule has 0 aliphatic heterocycles. The van der Waals surface area contributed by atoms with Gasteiger partial charge in [-0.1, -0.05) is 155 Å². The van der Waals surface area contributed by atoms with Crippen LogP contribution in [-0.4, -0.2) is 13.2 Å². The molecule has 3 heteroatoms. The van der Waals surface area contributed by atoms with E-state index < -0.39 is 0 Å². The second-order valence-corrected chi connectivity index (χ2v) is 11.5. The van der Waals surface area contributed by atoms with Gasteiger partial charge in [0.1, 0.15) is 11.5 Å². The minimum atomic E-state index is 0.519. The van der Waals surface area contributed by atoms with E-state index in [2.05, 4.69) is 26.0 Å². The second kappa shape index (κ2) is 27.4. The summed E-state index contributed by atoms with van der Waals surface area (Å²) < 4.78 is 12.1. The number of nitrogens with two attached hydrogens (primary N) is 1. The van der Waals surface area contributed by atoms with E-state index in [0.29, 0.717) is 6.54 Å². The Kier molecular flexibility index (Phi) is 25.1. The van der Waals surface area contributed by atoms with E-state index in [4.69, 9.17) is 15.2 Å². The molecule has 1 rings (SSSR count). The van der Waals surface area contributed by atoms with Crippen LogP contribution < -0.4 is 15.2 Å². The van der Waals surface area contributed by atoms with Crippen LogP contribution >= 0.6 is 0 Å². The van der Waals surface area contributed by atoms with Gasteiger partial charge in [-0.05, 0) is 30.5 Å². The molecule has 0 radical (unpaired) electrons. The maximum absolute atomic E-state index is 6.06. The van der Waals surface area contributed by atoms with Crippen molar-refractivity contribution < 1.29 is 9.47 Å². The Balaban J connectivity index is 2.03. The van der Waals surface area contributed by atoms with Crippen molar-refractivity contribution in [1.29, 1.82) is 0 Å². The third-order valence-electron chi connectivity index (χ3n) is 7.71. The normalized spacial score (nSPS) is 11.2. The van der Waals surface area contributed by atoms with E-state index in [9.17, 15) is 0 Å². The molecule has 0 saturated carbocycles. The van der Waals surface area contributed by atoms with Crippen LogP contribution in [0.25, 0.3) is 0 Å². The smallest absolute Gasteiger partial charge is 0.123 e. The molecule has 3 nitrogen and oxygen atoms in total. The summed E-state index contributed by atoms with van der Waals surface area (Å²) in [7, 11) is 0. The lowest BCUT2D eigenvalue weighted by Gasteiger charge is -2.12. The number of hydrogen-bond acceptors (Lipinski definition) is 3. The van der Waals surface area contributed by atoms with E-state index in [1.165, 1.54) is 141 Å². The lowest BCUT2D eigenvalue weighted by Crippen LogP contribution is -2.03. The van der Waals surface area contributed by atoms with Crippen LogP contribution in [0.5, 0.6) is 11.5 Å². The van der Waals surface area contributed by atoms with Crippen LogP contribution in [0, 0.1) is 0 Å². The van der Waals surface area contributed by atoms with Crippen molar-refractivity contribution in [2.24, 2.45) is 5.73 Å². The monoisotopic (exact) mass is 532 g/mol. The van der Waals surface area contributed by atoms with Gasteiger partial charge in [-0.3, -0.25) is 0 Å². The Hall–Kier alpha value is -1.22. The zero-order valence-corrected chi connectivity index (χ0v) is 25.7. The average Bonchev–Trinajstić information content (AvgIpc) is 2.93. The lowest BCUT2D eigenvalue weighted by molar-refractivity contribution is 0.289. The summed E-state index contributed by atoms with van der Waals surface area (Å²) in [6.45, 7) is 6.66. The number of hydrogen-bond donors (Lipinski definition) is 1. The molecule has 0 saturated heterocycles. The highest BCUT2D eigenvalue weighted by Crippen LogP contribution is 2.24. The molecule has 0 aliphatic carbocycles. The first kappa shape index (κ1) is 34.8. The van der Waals surface area contributed by atoms with Crippen molar-refractivity contribution in [2.45, 2.75) is 174 Å². The van der Waals surface area contributed by atoms with E-state index in [1.807, 2.05) is 6.07 Å². The fourth-order valence-corrected chi connectivity index (χ4v) is 5.18. The van der Waals surface area contributed by atoms with Gasteiger partial charge in [-0.25, -0.2) is 0 Å². The highest BCUT2D eigenvalue weighted by atomic mass is 16.5. The van der Waals surface area contributed by atoms with Crippen molar-refractivity contribution in [3.63, 3.8) is 0 Å². The predicted molar refractivity (Wildman–Crippen MR) is 167 cm³/mol. The summed E-state index contributed by atoms with van der Waals surface area (Å²) in [5, 5.41) is 0. The van der Waals surface area contributed by atoms with Crippen LogP contribution in [0.15, 0.2) is 18.2 Å². The molecule has 1 aromatic carbocycles. The van der Waals surface area contributed by atoms with Gasteiger partial charge in [-0.2, -0.15) is 0 Å². The summed E-state index contributed by atoms with van der Waals surface area (Å²) in [4.78, 5) is 0. The fourth-order valence-electron chi connectivity index (χ4n) is 5.18. The van der Waals surface area contributed by atoms with Crippen LogP contribution in [0.3, 0.4) is 0 Å². The molecule has 0 aliphatic rings. The molecule has 0 heterocycles. The molecule has 0 spiro atoms. The topological polar surface area (TPSA) is 44.5 Å². The molecular weight excluding hydrogens is 466 g/mol. The molecule has 1 aromatic rings. The molecule has 222 valence electrons. The number of rotatable bonds is 29. The van der Waals surface area contributed by atoms with Crippen LogP contribution in [0.2, 0.25) is 0 Å². The van der Waals surface area contributed by atoms with Crippen LogP contribution in [-0.2, 0) is 6.54 Å². The van der Waals surface area contributed by atoms with Crippen molar-refractivity contribution in [3.8, 4) is 11.5 Å². The van der Waals surface area contributed by atoms with E-state index in [-0.39, 0.29) is 0 Å². The Morgan fingerprint density at radius 2 is 0.711 bits per heavy atom. The Morgan fingerprint density at radius 3 is 1.00 bits per heavy atom. The summed E-state index contributed by atoms with van der Waals surface area (Å²) in [6.07, 6.45) is 32.7. The van der Waals surface area contributed by atoms with Gasteiger partial charge in [0.05, 0.1) is 13.2 Å². The largest absolute Gasteiger partial charge is 0.493 e. The molecule has 0 amide bonds. The first-order valence-electron chi connectivity index (χ1n) is 16.9. The standard InChI is InChI=1S/C35H65NO2/c1-3-5-7-9-11-13-15-17-19-21-23-25-27-37-34-29-33(32-36)30-35(31-34)38-28-26-24-22-20-18-16-14-12-10-8-6-4-2/h29-31H,3-28,32,36H2,1-2H3. The minimum Gasteiger partial charge on any atom is -0.493 e. The molecular formula is C35H65NO2. The van der Waals surface area contributed by atoms with Gasteiger partial charge >= 0.3 is 0 Å². The van der Waals surface area contributed by atoms with E-state index in [1.54, 1.807) is 0 Å². The third-order valence-corrected chi connectivity index (χ3v) is 7.71. The second-order valence-electron chi connectivity index (χ2n) is 11.5. The van der Waals surface area contributed by atoms with Crippen LogP contribution in [0.1, 0.15) is 174 Å². The van der Waals surface area contributed by atoms with Crippen molar-refractivity contribution in [3.05, 3.63) is 23.8 Å². The maximum Gasteiger partial charge on any atom is 0.123 e. The molecule has 0 aromatic heterocycles. The zero-order chi connectivity index (χ0) is 27.4. The Bertz CT molecular complexity index is 570. The molecule has 0 unspecified atom stereocenters. The molecule has 2 N–H and O–H groups in total. The van der Waals surface area contributed by atoms with Gasteiger partial charge in [0.25, 0.3) is 0 Å². The van der Waals surface area contributed by atoms with Gasteiger partial charge in [-0.15, -0.1) is 0 Å². The molecule has 38 heavy (non-hydrogen) atoms. The van der Waals surface area contributed by atoms with Crippen molar-refractivity contribution in [2.75, 3.05) is 13.2 Å². The summed E-state index contributed by atoms with van der Waals surface area (Å²) in [6, 6.07) is 6.18. The lowest BCUT2D eigenvalue weighted by atomic mass is 10.1. The number of ether oxygens (including phenoxy) is 2. The van der Waals surface area contributed by atoms with Crippen molar-refractivity contribution in [1.82, 2.24) is 0 Å². The highest BCUT2D eigenvalue weighted by Gasteiger charge is 2.04. The summed E-state index contributed by atoms with van der Waals surface area (Å²) in [5.41, 5.74) is 7.01. The quantitative estimate of drug-likeness (QED) is 0.105. The first-order chi connectivity index (χ1) is 18.8. The van der Waals surface area contributed by atoms with Crippen LogP contribution in [0.4, 0.5) is 0 Å². The van der Waals surface area contributed by atoms with E-state index >= 15 is 0 Å². The summed E-state index contributed by atoms with van der Waals surface area (Å²) in [5.74, 6) is 1.81. The van der Waals surface area contributed by atoms with Crippen molar-refractivity contribution >= 4 is 0 Å². The van der Waals surface area contributed by atoms with Gasteiger partial charge in [0.15, 0.2) is 0 Å². The zero-order valence-electron chi connectivity index (χ0n) is 25.7. The Morgan fingerprint density at radius 1 is 0.421 bits per heavy atom. The number of unbranched alkanes of at least 4 members (excludes halogenated alkanes) is 22. The van der Waals surface area contributed by atoms with Gasteiger partial charge < -0.3 is 15.2 Å². The first-order valence-corrected chi connectivity index (χ1v) is 16.9. The van der Waals surface area contributed by atoms with Gasteiger partial charge in [0.2, 0.25) is 0 Å². The summed E-state index contributed by atoms with van der Waals surface area (Å²) >= 11 is 0. The van der Waals surface area contributed by atoms with E-state index in [0.717, 1.165) is 43.1 Å². The number of benzene rings is 1. The molecule has 0 fully saturated rings. The Labute approximate surface area is 238 Å². The van der Waals surface area contributed by atoms with Gasteiger partial charge in [0, 0.05) is 12.6 Å².